The van der Waals surface area contributed by atoms with Gasteiger partial charge in [-0.1, -0.05) is 30.3 Å². The molecular weight excluding hydrogens is 525 g/mol. The number of nitrogens with one attached hydrogen (secondary N) is 1. The number of thioether (sulfide) groups is 1. The highest BCUT2D eigenvalue weighted by molar-refractivity contribution is 7.99. The van der Waals surface area contributed by atoms with E-state index in [0.717, 1.165) is 12.3 Å². The van der Waals surface area contributed by atoms with Crippen LogP contribution in [-0.2, 0) is 11.4 Å². The van der Waals surface area contributed by atoms with Crippen molar-refractivity contribution in [2.24, 2.45) is 17.8 Å². The summed E-state index contributed by atoms with van der Waals surface area (Å²) < 4.78 is 27.0. The minimum atomic E-state index is -0.569. The quantitative estimate of drug-likeness (QED) is 0.183. The number of carbonyl (C=O) groups is 1. The summed E-state index contributed by atoms with van der Waals surface area (Å²) in [5.74, 6) is 1.96. The van der Waals surface area contributed by atoms with Crippen molar-refractivity contribution < 1.29 is 23.6 Å². The zero-order valence-electron chi connectivity index (χ0n) is 21.7. The second-order valence-corrected chi connectivity index (χ2v) is 11.0. The van der Waals surface area contributed by atoms with Crippen LogP contribution in [0.25, 0.3) is 0 Å². The molecule has 39 heavy (non-hydrogen) atoms. The number of nitro groups is 1. The monoisotopic (exact) mass is 555 g/mol. The normalized spacial score (nSPS) is 20.5. The molecule has 1 amide bonds. The number of carbonyl (C=O) groups excluding carboxylic acids is 1. The summed E-state index contributed by atoms with van der Waals surface area (Å²) in [4.78, 5) is 23.7. The minimum absolute atomic E-state index is 0.0288. The lowest BCUT2D eigenvalue weighted by Gasteiger charge is -2.30. The van der Waals surface area contributed by atoms with Crippen molar-refractivity contribution in [1.29, 1.82) is 0 Å². The number of rotatable bonds is 11. The number of halogens is 1. The topological polar surface area (TPSA) is 121 Å². The van der Waals surface area contributed by atoms with Gasteiger partial charge in [0.1, 0.15) is 18.0 Å². The average molecular weight is 556 g/mol. The Morgan fingerprint density at radius 3 is 2.77 bits per heavy atom. The maximum Gasteiger partial charge on any atom is 0.296 e. The predicted octanol–water partition coefficient (Wildman–Crippen LogP) is 5.64. The average Bonchev–Trinajstić information content (AvgIpc) is 3.67. The van der Waals surface area contributed by atoms with E-state index in [1.165, 1.54) is 56.3 Å². The number of amides is 1. The summed E-state index contributed by atoms with van der Waals surface area (Å²) in [7, 11) is 1.41. The standard InChI is InChI=1S/C27H30FN5O5S/c1-16(20-12-17-7-8-18(20)11-17)32-25(14-38-24-6-4-3-5-21(24)28)30-31-27(32)39-15-26(34)29-22-10-9-19(37-2)13-23(22)33(35)36/h3-6,9-10,13,16-18,20H,7-8,11-12,14-15H2,1-2H3,(H,29,34)/t16-,17-,18-,20-/m1/s1. The Balaban J connectivity index is 1.32. The third-order valence-corrected chi connectivity index (χ3v) is 8.70. The molecule has 2 aliphatic carbocycles. The Hall–Kier alpha value is -3.67. The first kappa shape index (κ1) is 26.9. The van der Waals surface area contributed by atoms with Crippen LogP contribution < -0.4 is 14.8 Å². The lowest BCUT2D eigenvalue weighted by Crippen LogP contribution is -2.25. The van der Waals surface area contributed by atoms with Crippen LogP contribution in [0.5, 0.6) is 11.5 Å². The van der Waals surface area contributed by atoms with Crippen LogP contribution in [0, 0.1) is 33.7 Å². The minimum Gasteiger partial charge on any atom is -0.496 e. The number of nitrogens with zero attached hydrogens (tertiary/aromatic N) is 4. The molecule has 2 saturated carbocycles. The number of ether oxygens (including phenoxy) is 2. The van der Waals surface area contributed by atoms with Gasteiger partial charge in [0.25, 0.3) is 5.69 Å². The molecule has 2 aliphatic rings. The summed E-state index contributed by atoms with van der Waals surface area (Å²) in [6, 6.07) is 10.5. The molecule has 3 aromatic rings. The van der Waals surface area contributed by atoms with Gasteiger partial charge in [-0.2, -0.15) is 0 Å². The van der Waals surface area contributed by atoms with Gasteiger partial charge in [0.05, 0.1) is 23.9 Å². The van der Waals surface area contributed by atoms with E-state index in [0.29, 0.717) is 28.6 Å². The van der Waals surface area contributed by atoms with Crippen molar-refractivity contribution >= 4 is 29.0 Å². The Bertz CT molecular complexity index is 1370. The zero-order valence-corrected chi connectivity index (χ0v) is 22.5. The SMILES string of the molecule is COc1ccc(NC(=O)CSc2nnc(COc3ccccc3F)n2[C@H](C)[C@H]2C[C@@H]3CC[C@@H]2C3)c([N+](=O)[O-])c1. The molecule has 4 atom stereocenters. The van der Waals surface area contributed by atoms with Crippen molar-refractivity contribution in [1.82, 2.24) is 14.8 Å². The van der Waals surface area contributed by atoms with Gasteiger partial charge in [0.2, 0.25) is 5.91 Å². The van der Waals surface area contributed by atoms with Crippen LogP contribution in [-0.4, -0.2) is 38.5 Å². The van der Waals surface area contributed by atoms with Gasteiger partial charge in [0.15, 0.2) is 22.5 Å². The Morgan fingerprint density at radius 1 is 1.26 bits per heavy atom. The molecule has 2 fully saturated rings. The largest absolute Gasteiger partial charge is 0.496 e. The second-order valence-electron chi connectivity index (χ2n) is 10.0. The highest BCUT2D eigenvalue weighted by Gasteiger charge is 2.43. The first-order valence-corrected chi connectivity index (χ1v) is 13.9. The van der Waals surface area contributed by atoms with Crippen molar-refractivity contribution in [2.75, 3.05) is 18.2 Å². The number of benzene rings is 2. The van der Waals surface area contributed by atoms with E-state index >= 15 is 0 Å². The van der Waals surface area contributed by atoms with Crippen molar-refractivity contribution in [3.8, 4) is 11.5 Å². The Labute approximate surface area is 229 Å². The molecule has 206 valence electrons. The highest BCUT2D eigenvalue weighted by atomic mass is 32.2. The fourth-order valence-electron chi connectivity index (χ4n) is 5.91. The number of hydrogen-bond acceptors (Lipinski definition) is 8. The molecule has 1 aromatic heterocycles. The number of fused-ring (bicyclic) bond motifs is 2. The molecule has 0 spiro atoms. The molecule has 5 rings (SSSR count). The van der Waals surface area contributed by atoms with Crippen LogP contribution >= 0.6 is 11.8 Å². The molecule has 2 bridgehead atoms. The first-order valence-electron chi connectivity index (χ1n) is 12.9. The smallest absolute Gasteiger partial charge is 0.296 e. The lowest BCUT2D eigenvalue weighted by atomic mass is 9.84. The fraction of sp³-hybridized carbons (Fsp3) is 0.444. The number of para-hydroxylation sites is 1. The molecule has 1 N–H and O–H groups in total. The van der Waals surface area contributed by atoms with Crippen molar-refractivity contribution in [3.05, 3.63) is 64.2 Å². The van der Waals surface area contributed by atoms with Crippen molar-refractivity contribution in [2.45, 2.75) is 50.4 Å². The maximum atomic E-state index is 14.1. The molecule has 0 aliphatic heterocycles. The molecule has 10 nitrogen and oxygen atoms in total. The number of nitro benzene ring substituents is 1. The van der Waals surface area contributed by atoms with E-state index in [4.69, 9.17) is 9.47 Å². The zero-order chi connectivity index (χ0) is 27.5. The summed E-state index contributed by atoms with van der Waals surface area (Å²) in [6.07, 6.45) is 4.88. The maximum absolute atomic E-state index is 14.1. The van der Waals surface area contributed by atoms with Crippen LogP contribution in [0.1, 0.15) is 44.5 Å². The summed E-state index contributed by atoms with van der Waals surface area (Å²) in [5.41, 5.74) is -0.171. The lowest BCUT2D eigenvalue weighted by molar-refractivity contribution is -0.384. The molecule has 12 heteroatoms. The van der Waals surface area contributed by atoms with Crippen LogP contribution in [0.4, 0.5) is 15.8 Å². The number of anilines is 1. The van der Waals surface area contributed by atoms with Crippen molar-refractivity contribution in [3.63, 3.8) is 0 Å². The van der Waals surface area contributed by atoms with Crippen LogP contribution in [0.15, 0.2) is 47.6 Å². The van der Waals surface area contributed by atoms with E-state index in [1.807, 2.05) is 4.57 Å². The molecule has 2 aromatic carbocycles. The third-order valence-electron chi connectivity index (χ3n) is 7.76. The van der Waals surface area contributed by atoms with E-state index in [-0.39, 0.29) is 35.5 Å². The van der Waals surface area contributed by atoms with Gasteiger partial charge in [-0.15, -0.1) is 10.2 Å². The number of methoxy groups -OCH3 is 1. The molecule has 0 radical (unpaired) electrons. The highest BCUT2D eigenvalue weighted by Crippen LogP contribution is 2.52. The second kappa shape index (κ2) is 11.6. The van der Waals surface area contributed by atoms with Crippen LogP contribution in [0.3, 0.4) is 0 Å². The third kappa shape index (κ3) is 5.85. The molecule has 0 saturated heterocycles. The van der Waals surface area contributed by atoms with E-state index in [1.54, 1.807) is 24.3 Å². The summed E-state index contributed by atoms with van der Waals surface area (Å²) in [6.45, 7) is 2.18. The summed E-state index contributed by atoms with van der Waals surface area (Å²) in [5, 5.41) is 23.3. The van der Waals surface area contributed by atoms with E-state index in [9.17, 15) is 19.3 Å². The first-order chi connectivity index (χ1) is 18.8. The van der Waals surface area contributed by atoms with Gasteiger partial charge in [0, 0.05) is 6.04 Å². The Morgan fingerprint density at radius 2 is 2.08 bits per heavy atom. The van der Waals surface area contributed by atoms with E-state index < -0.39 is 16.6 Å². The predicted molar refractivity (Wildman–Crippen MR) is 143 cm³/mol. The molecule has 0 unspecified atom stereocenters. The molecular formula is C27H30FN5O5S. The van der Waals surface area contributed by atoms with E-state index in [2.05, 4.69) is 22.4 Å². The van der Waals surface area contributed by atoms with Gasteiger partial charge < -0.3 is 14.8 Å². The Kier molecular flexibility index (Phi) is 8.01. The van der Waals surface area contributed by atoms with Crippen LogP contribution in [0.2, 0.25) is 0 Å². The van der Waals surface area contributed by atoms with Gasteiger partial charge >= 0.3 is 0 Å². The summed E-state index contributed by atoms with van der Waals surface area (Å²) >= 11 is 1.20. The molecule has 1 heterocycles. The van der Waals surface area contributed by atoms with Gasteiger partial charge in [-0.05, 0) is 68.2 Å². The number of aromatic nitrogens is 3. The fourth-order valence-corrected chi connectivity index (χ4v) is 6.75. The van der Waals surface area contributed by atoms with Gasteiger partial charge in [-0.25, -0.2) is 4.39 Å². The van der Waals surface area contributed by atoms with Gasteiger partial charge in [-0.3, -0.25) is 19.5 Å². The number of hydrogen-bond donors (Lipinski definition) is 1.